The molecule has 0 saturated heterocycles. The smallest absolute Gasteiger partial charge is 0.393 e. The van der Waals surface area contributed by atoms with Gasteiger partial charge in [-0.3, -0.25) is 4.98 Å². The van der Waals surface area contributed by atoms with Gasteiger partial charge in [0.2, 0.25) is 0 Å². The van der Waals surface area contributed by atoms with Gasteiger partial charge in [0.1, 0.15) is 5.69 Å². The molecule has 15 heavy (non-hydrogen) atoms. The Morgan fingerprint density at radius 2 is 2.13 bits per heavy atom. The highest BCUT2D eigenvalue weighted by atomic mass is 19.4. The Labute approximate surface area is 85.8 Å². The quantitative estimate of drug-likeness (QED) is 0.846. The van der Waals surface area contributed by atoms with Crippen molar-refractivity contribution >= 4 is 0 Å². The Kier molecular flexibility index (Phi) is 3.68. The predicted octanol–water partition coefficient (Wildman–Crippen LogP) is 2.41. The van der Waals surface area contributed by atoms with Gasteiger partial charge in [0, 0.05) is 6.20 Å². The fourth-order valence-corrected chi connectivity index (χ4v) is 1.26. The largest absolute Gasteiger partial charge is 0.433 e. The predicted molar refractivity (Wildman–Crippen MR) is 49.2 cm³/mol. The van der Waals surface area contributed by atoms with E-state index in [0.29, 0.717) is 6.42 Å². The Hall–Kier alpha value is -1.10. The molecule has 84 valence electrons. The van der Waals surface area contributed by atoms with Crippen molar-refractivity contribution in [2.45, 2.75) is 32.0 Å². The average molecular weight is 219 g/mol. The zero-order chi connectivity index (χ0) is 11.5. The fraction of sp³-hybridized carbons (Fsp3) is 0.500. The van der Waals surface area contributed by atoms with Crippen molar-refractivity contribution in [2.75, 3.05) is 0 Å². The average Bonchev–Trinajstić information content (AvgIpc) is 2.13. The number of rotatable bonds is 3. The molecule has 0 aliphatic carbocycles. The summed E-state index contributed by atoms with van der Waals surface area (Å²) in [6.45, 7) is 1.55. The minimum absolute atomic E-state index is 0.130. The minimum Gasteiger partial charge on any atom is -0.393 e. The molecule has 1 rings (SSSR count). The molecule has 2 nitrogen and oxygen atoms in total. The molecule has 1 atom stereocenters. The second-order valence-electron chi connectivity index (χ2n) is 3.40. The molecular formula is C10H12F3NO. The van der Waals surface area contributed by atoms with Crippen LogP contribution in [0.25, 0.3) is 0 Å². The minimum atomic E-state index is -4.42. The van der Waals surface area contributed by atoms with Gasteiger partial charge in [-0.2, -0.15) is 13.2 Å². The lowest BCUT2D eigenvalue weighted by Gasteiger charge is -2.11. The molecule has 0 fully saturated rings. The van der Waals surface area contributed by atoms with Gasteiger partial charge in [-0.25, -0.2) is 0 Å². The van der Waals surface area contributed by atoms with Crippen LogP contribution in [0, 0.1) is 0 Å². The van der Waals surface area contributed by atoms with E-state index < -0.39 is 18.0 Å². The molecule has 1 N–H and O–H groups in total. The van der Waals surface area contributed by atoms with Crippen LogP contribution in [0.4, 0.5) is 13.2 Å². The molecule has 1 aromatic rings. The third kappa shape index (κ3) is 3.51. The third-order valence-electron chi connectivity index (χ3n) is 1.99. The summed E-state index contributed by atoms with van der Waals surface area (Å²) < 4.78 is 37.3. The Morgan fingerprint density at radius 3 is 2.67 bits per heavy atom. The van der Waals surface area contributed by atoms with Crippen molar-refractivity contribution in [1.29, 1.82) is 0 Å². The summed E-state index contributed by atoms with van der Waals surface area (Å²) in [6, 6.07) is 2.85. The molecule has 0 aliphatic rings. The molecule has 0 saturated carbocycles. The lowest BCUT2D eigenvalue weighted by molar-refractivity contribution is -0.141. The number of hydrogen-bond acceptors (Lipinski definition) is 2. The number of aryl methyl sites for hydroxylation is 1. The Morgan fingerprint density at radius 1 is 1.47 bits per heavy atom. The van der Waals surface area contributed by atoms with Crippen molar-refractivity contribution in [3.05, 3.63) is 29.6 Å². The van der Waals surface area contributed by atoms with Crippen molar-refractivity contribution < 1.29 is 18.3 Å². The molecular weight excluding hydrogens is 207 g/mol. The maximum atomic E-state index is 12.4. The summed E-state index contributed by atoms with van der Waals surface area (Å²) in [5.74, 6) is 0. The Balaban J connectivity index is 2.87. The number of alkyl halides is 3. The number of hydrogen-bond donors (Lipinski definition) is 1. The fourth-order valence-electron chi connectivity index (χ4n) is 1.26. The summed E-state index contributed by atoms with van der Waals surface area (Å²) in [6.07, 6.45) is -3.43. The van der Waals surface area contributed by atoms with Gasteiger partial charge in [-0.1, -0.05) is 6.07 Å². The lowest BCUT2D eigenvalue weighted by Crippen LogP contribution is -2.13. The normalized spacial score (nSPS) is 13.9. The Bertz CT molecular complexity index is 323. The molecule has 5 heteroatoms. The molecule has 0 aromatic carbocycles. The monoisotopic (exact) mass is 219 g/mol. The van der Waals surface area contributed by atoms with Crippen LogP contribution in [0.15, 0.2) is 18.3 Å². The van der Waals surface area contributed by atoms with Crippen LogP contribution >= 0.6 is 0 Å². The van der Waals surface area contributed by atoms with Crippen LogP contribution in [0.1, 0.15) is 24.6 Å². The topological polar surface area (TPSA) is 33.1 Å². The van der Waals surface area contributed by atoms with Gasteiger partial charge in [0.15, 0.2) is 0 Å². The van der Waals surface area contributed by atoms with Gasteiger partial charge in [0.25, 0.3) is 0 Å². The van der Waals surface area contributed by atoms with E-state index in [1.54, 1.807) is 6.92 Å². The number of pyridine rings is 1. The first kappa shape index (κ1) is 12.0. The van der Waals surface area contributed by atoms with Gasteiger partial charge in [0.05, 0.1) is 6.10 Å². The number of halogens is 3. The van der Waals surface area contributed by atoms with Crippen LogP contribution in [-0.4, -0.2) is 16.2 Å². The summed E-state index contributed by atoms with van der Waals surface area (Å²) in [4.78, 5) is 3.32. The van der Waals surface area contributed by atoms with Crippen LogP contribution in [-0.2, 0) is 12.6 Å². The highest BCUT2D eigenvalue weighted by molar-refractivity contribution is 5.22. The van der Waals surface area contributed by atoms with Crippen molar-refractivity contribution in [3.63, 3.8) is 0 Å². The third-order valence-corrected chi connectivity index (χ3v) is 1.99. The molecule has 0 aliphatic heterocycles. The van der Waals surface area contributed by atoms with Gasteiger partial charge in [-0.15, -0.1) is 0 Å². The molecule has 1 unspecified atom stereocenters. The zero-order valence-electron chi connectivity index (χ0n) is 8.25. The van der Waals surface area contributed by atoms with E-state index in [4.69, 9.17) is 5.11 Å². The highest BCUT2D eigenvalue weighted by Gasteiger charge is 2.34. The van der Waals surface area contributed by atoms with Crippen molar-refractivity contribution in [3.8, 4) is 0 Å². The first-order chi connectivity index (χ1) is 6.91. The second-order valence-corrected chi connectivity index (χ2v) is 3.40. The molecule has 0 radical (unpaired) electrons. The van der Waals surface area contributed by atoms with E-state index in [9.17, 15) is 13.2 Å². The van der Waals surface area contributed by atoms with E-state index in [1.807, 2.05) is 0 Å². The first-order valence-electron chi connectivity index (χ1n) is 4.60. The lowest BCUT2D eigenvalue weighted by atomic mass is 10.1. The van der Waals surface area contributed by atoms with E-state index >= 15 is 0 Å². The zero-order valence-corrected chi connectivity index (χ0v) is 8.25. The van der Waals surface area contributed by atoms with E-state index in [1.165, 1.54) is 12.1 Å². The number of aliphatic hydroxyl groups is 1. The van der Waals surface area contributed by atoms with Crippen LogP contribution < -0.4 is 0 Å². The van der Waals surface area contributed by atoms with Crippen LogP contribution in [0.2, 0.25) is 0 Å². The number of nitrogens with zero attached hydrogens (tertiary/aromatic N) is 1. The maximum absolute atomic E-state index is 12.4. The van der Waals surface area contributed by atoms with Crippen LogP contribution in [0.5, 0.6) is 0 Å². The molecule has 0 bridgehead atoms. The molecule has 0 amide bonds. The molecule has 0 spiro atoms. The SMILES string of the molecule is CC(O)CCc1cccnc1C(F)(F)F. The summed E-state index contributed by atoms with van der Waals surface area (Å²) >= 11 is 0. The van der Waals surface area contributed by atoms with Crippen molar-refractivity contribution in [2.24, 2.45) is 0 Å². The standard InChI is InChI=1S/C10H12F3NO/c1-7(15)4-5-8-3-2-6-14-9(8)10(11,12)13/h2-3,6-7,15H,4-5H2,1H3. The second kappa shape index (κ2) is 4.61. The summed E-state index contributed by atoms with van der Waals surface area (Å²) in [5.41, 5.74) is -0.725. The van der Waals surface area contributed by atoms with Gasteiger partial charge in [-0.05, 0) is 31.4 Å². The molecule has 1 heterocycles. The molecule has 1 aromatic heterocycles. The van der Waals surface area contributed by atoms with E-state index in [0.717, 1.165) is 6.20 Å². The first-order valence-corrected chi connectivity index (χ1v) is 4.60. The van der Waals surface area contributed by atoms with Gasteiger partial charge >= 0.3 is 6.18 Å². The maximum Gasteiger partial charge on any atom is 0.433 e. The number of aliphatic hydroxyl groups excluding tert-OH is 1. The highest BCUT2D eigenvalue weighted by Crippen LogP contribution is 2.30. The summed E-state index contributed by atoms with van der Waals surface area (Å²) in [7, 11) is 0. The van der Waals surface area contributed by atoms with Crippen molar-refractivity contribution in [1.82, 2.24) is 4.98 Å². The van der Waals surface area contributed by atoms with Gasteiger partial charge < -0.3 is 5.11 Å². The number of aromatic nitrogens is 1. The van der Waals surface area contributed by atoms with E-state index in [-0.39, 0.29) is 12.0 Å². The van der Waals surface area contributed by atoms with E-state index in [2.05, 4.69) is 4.98 Å². The van der Waals surface area contributed by atoms with Crippen LogP contribution in [0.3, 0.4) is 0 Å². The summed E-state index contributed by atoms with van der Waals surface area (Å²) in [5, 5.41) is 9.01.